The van der Waals surface area contributed by atoms with Crippen LogP contribution >= 0.6 is 11.6 Å². The van der Waals surface area contributed by atoms with Gasteiger partial charge in [0, 0.05) is 31.7 Å². The lowest BCUT2D eigenvalue weighted by molar-refractivity contribution is 0.107. The van der Waals surface area contributed by atoms with Crippen molar-refractivity contribution in [2.75, 3.05) is 13.1 Å². The molecule has 1 aliphatic rings. The molecule has 0 aromatic carbocycles. The van der Waals surface area contributed by atoms with Crippen LogP contribution in [0.2, 0.25) is 5.15 Å². The average Bonchev–Trinajstić information content (AvgIpc) is 2.24. The van der Waals surface area contributed by atoms with Crippen LogP contribution in [0.3, 0.4) is 0 Å². The summed E-state index contributed by atoms with van der Waals surface area (Å²) in [6.45, 7) is 7.46. The fraction of sp³-hybridized carbons (Fsp3) is 0.583. The lowest BCUT2D eigenvalue weighted by atomic mass is 10.1. The Hall–Kier alpha value is -0.640. The molecule has 2 unspecified atom stereocenters. The zero-order chi connectivity index (χ0) is 11.5. The Morgan fingerprint density at radius 3 is 2.69 bits per heavy atom. The van der Waals surface area contributed by atoms with Gasteiger partial charge < -0.3 is 5.32 Å². The largest absolute Gasteiger partial charge is 0.314 e. The van der Waals surface area contributed by atoms with Gasteiger partial charge in [-0.1, -0.05) is 17.7 Å². The maximum absolute atomic E-state index is 5.89. The van der Waals surface area contributed by atoms with E-state index in [1.165, 1.54) is 0 Å². The number of nitrogens with zero attached hydrogens (tertiary/aromatic N) is 2. The fourth-order valence-corrected chi connectivity index (χ4v) is 2.39. The van der Waals surface area contributed by atoms with Gasteiger partial charge in [0.15, 0.2) is 0 Å². The standard InChI is InChI=1S/C12H18ClN3/c1-9-6-14-7-10(2)16(9)8-11-4-3-5-12(13)15-11/h3-5,9-10,14H,6-8H2,1-2H3. The molecule has 2 atom stereocenters. The van der Waals surface area contributed by atoms with E-state index in [4.69, 9.17) is 11.6 Å². The van der Waals surface area contributed by atoms with Crippen LogP contribution < -0.4 is 5.32 Å². The Morgan fingerprint density at radius 2 is 2.06 bits per heavy atom. The van der Waals surface area contributed by atoms with Crippen LogP contribution in [0.1, 0.15) is 19.5 Å². The number of hydrogen-bond donors (Lipinski definition) is 1. The normalized spacial score (nSPS) is 26.9. The van der Waals surface area contributed by atoms with Crippen molar-refractivity contribution in [1.82, 2.24) is 15.2 Å². The second-order valence-corrected chi connectivity index (χ2v) is 4.87. The summed E-state index contributed by atoms with van der Waals surface area (Å²) in [6.07, 6.45) is 0. The highest BCUT2D eigenvalue weighted by atomic mass is 35.5. The van der Waals surface area contributed by atoms with Crippen LogP contribution in [0, 0.1) is 0 Å². The number of halogens is 1. The lowest BCUT2D eigenvalue weighted by Crippen LogP contribution is -2.54. The van der Waals surface area contributed by atoms with E-state index in [0.29, 0.717) is 17.2 Å². The molecule has 1 fully saturated rings. The predicted octanol–water partition coefficient (Wildman–Crippen LogP) is 1.92. The maximum atomic E-state index is 5.89. The van der Waals surface area contributed by atoms with Gasteiger partial charge in [0.1, 0.15) is 5.15 Å². The molecule has 1 aromatic heterocycles. The Kier molecular flexibility index (Phi) is 3.79. The third kappa shape index (κ3) is 2.73. The number of rotatable bonds is 2. The van der Waals surface area contributed by atoms with Gasteiger partial charge in [0.25, 0.3) is 0 Å². The maximum Gasteiger partial charge on any atom is 0.129 e. The van der Waals surface area contributed by atoms with Crippen molar-refractivity contribution in [1.29, 1.82) is 0 Å². The summed E-state index contributed by atoms with van der Waals surface area (Å²) < 4.78 is 0. The first-order valence-corrected chi connectivity index (χ1v) is 6.12. The van der Waals surface area contributed by atoms with Crippen LogP contribution in [-0.2, 0) is 6.54 Å². The van der Waals surface area contributed by atoms with E-state index in [1.807, 2.05) is 18.2 Å². The molecule has 3 nitrogen and oxygen atoms in total. The first kappa shape index (κ1) is 11.8. The second-order valence-electron chi connectivity index (χ2n) is 4.48. The van der Waals surface area contributed by atoms with Crippen molar-refractivity contribution >= 4 is 11.6 Å². The van der Waals surface area contributed by atoms with Gasteiger partial charge in [0.05, 0.1) is 5.69 Å². The minimum Gasteiger partial charge on any atom is -0.314 e. The van der Waals surface area contributed by atoms with Crippen LogP contribution in [0.4, 0.5) is 0 Å². The molecule has 1 saturated heterocycles. The van der Waals surface area contributed by atoms with Gasteiger partial charge in [-0.2, -0.15) is 0 Å². The summed E-state index contributed by atoms with van der Waals surface area (Å²) in [5.41, 5.74) is 1.05. The molecule has 88 valence electrons. The van der Waals surface area contributed by atoms with Crippen LogP contribution in [-0.4, -0.2) is 35.1 Å². The van der Waals surface area contributed by atoms with Gasteiger partial charge in [-0.05, 0) is 26.0 Å². The third-order valence-corrected chi connectivity index (χ3v) is 3.34. The number of hydrogen-bond acceptors (Lipinski definition) is 3. The minimum absolute atomic E-state index is 0.546. The molecule has 1 aromatic rings. The first-order chi connectivity index (χ1) is 7.66. The van der Waals surface area contributed by atoms with Crippen LogP contribution in [0.5, 0.6) is 0 Å². The summed E-state index contributed by atoms with van der Waals surface area (Å²) in [4.78, 5) is 6.81. The summed E-state index contributed by atoms with van der Waals surface area (Å²) >= 11 is 5.89. The highest BCUT2D eigenvalue weighted by molar-refractivity contribution is 6.29. The van der Waals surface area contributed by atoms with Gasteiger partial charge >= 0.3 is 0 Å². The molecular weight excluding hydrogens is 222 g/mol. The Balaban J connectivity index is 2.07. The summed E-state index contributed by atoms with van der Waals surface area (Å²) in [5, 5.41) is 4.00. The molecule has 0 bridgehead atoms. The van der Waals surface area contributed by atoms with Gasteiger partial charge in [-0.15, -0.1) is 0 Å². The summed E-state index contributed by atoms with van der Waals surface area (Å²) in [7, 11) is 0. The monoisotopic (exact) mass is 239 g/mol. The quantitative estimate of drug-likeness (QED) is 0.800. The topological polar surface area (TPSA) is 28.2 Å². The number of piperazine rings is 1. The van der Waals surface area contributed by atoms with Crippen molar-refractivity contribution < 1.29 is 0 Å². The molecule has 1 N–H and O–H groups in total. The highest BCUT2D eigenvalue weighted by Gasteiger charge is 2.24. The van der Waals surface area contributed by atoms with E-state index in [1.54, 1.807) is 0 Å². The Labute approximate surface area is 102 Å². The molecule has 2 rings (SSSR count). The average molecular weight is 240 g/mol. The first-order valence-electron chi connectivity index (χ1n) is 5.74. The van der Waals surface area contributed by atoms with E-state index >= 15 is 0 Å². The molecule has 0 saturated carbocycles. The number of aromatic nitrogens is 1. The molecule has 4 heteroatoms. The van der Waals surface area contributed by atoms with Crippen LogP contribution in [0.15, 0.2) is 18.2 Å². The lowest BCUT2D eigenvalue weighted by Gasteiger charge is -2.39. The fourth-order valence-electron chi connectivity index (χ4n) is 2.21. The molecule has 1 aliphatic heterocycles. The zero-order valence-corrected chi connectivity index (χ0v) is 10.5. The van der Waals surface area contributed by atoms with Crippen molar-refractivity contribution in [2.24, 2.45) is 0 Å². The SMILES string of the molecule is CC1CNCC(C)N1Cc1cccc(Cl)n1. The summed E-state index contributed by atoms with van der Waals surface area (Å²) in [6, 6.07) is 6.90. The van der Waals surface area contributed by atoms with Crippen molar-refractivity contribution in [2.45, 2.75) is 32.5 Å². The van der Waals surface area contributed by atoms with Gasteiger partial charge in [0.2, 0.25) is 0 Å². The Bertz CT molecular complexity index is 346. The molecule has 2 heterocycles. The second kappa shape index (κ2) is 5.13. The van der Waals surface area contributed by atoms with E-state index in [0.717, 1.165) is 25.3 Å². The van der Waals surface area contributed by atoms with Crippen molar-refractivity contribution in [3.8, 4) is 0 Å². The molecule has 0 amide bonds. The van der Waals surface area contributed by atoms with E-state index < -0.39 is 0 Å². The molecule has 16 heavy (non-hydrogen) atoms. The molecule has 0 aliphatic carbocycles. The van der Waals surface area contributed by atoms with E-state index in [-0.39, 0.29) is 0 Å². The molecule has 0 radical (unpaired) electrons. The van der Waals surface area contributed by atoms with Crippen molar-refractivity contribution in [3.63, 3.8) is 0 Å². The zero-order valence-electron chi connectivity index (χ0n) is 9.78. The van der Waals surface area contributed by atoms with Gasteiger partial charge in [-0.25, -0.2) is 4.98 Å². The van der Waals surface area contributed by atoms with Crippen molar-refractivity contribution in [3.05, 3.63) is 29.0 Å². The Morgan fingerprint density at radius 1 is 1.38 bits per heavy atom. The third-order valence-electron chi connectivity index (χ3n) is 3.13. The predicted molar refractivity (Wildman–Crippen MR) is 66.6 cm³/mol. The van der Waals surface area contributed by atoms with Crippen LogP contribution in [0.25, 0.3) is 0 Å². The number of nitrogens with one attached hydrogen (secondary N) is 1. The molecule has 0 spiro atoms. The van der Waals surface area contributed by atoms with E-state index in [9.17, 15) is 0 Å². The van der Waals surface area contributed by atoms with Gasteiger partial charge in [-0.3, -0.25) is 4.90 Å². The smallest absolute Gasteiger partial charge is 0.129 e. The summed E-state index contributed by atoms with van der Waals surface area (Å²) in [5.74, 6) is 0. The number of pyridine rings is 1. The van der Waals surface area contributed by atoms with E-state index in [2.05, 4.69) is 29.0 Å². The highest BCUT2D eigenvalue weighted by Crippen LogP contribution is 2.14. The molecular formula is C12H18ClN3. The minimum atomic E-state index is 0.546.